The highest BCUT2D eigenvalue weighted by Crippen LogP contribution is 2.51. The molecule has 1 spiro atoms. The van der Waals surface area contributed by atoms with Gasteiger partial charge in [-0.15, -0.1) is 0 Å². The molecule has 1 N–H and O–H groups in total. The van der Waals surface area contributed by atoms with Crippen LogP contribution in [-0.2, 0) is 17.4 Å². The topological polar surface area (TPSA) is 59.4 Å². The molecule has 6 rings (SSSR count). The number of amides is 1. The molecule has 2 saturated heterocycles. The minimum absolute atomic E-state index is 0.134. The Morgan fingerprint density at radius 2 is 1.94 bits per heavy atom. The SMILES string of the molecule is C[C@H]1C[C@@H]1C(=O)N1CCC2(CC1)Oc1ccccc1-c1nc(C3CNC(C)(C)C3)n(C)c12. The van der Waals surface area contributed by atoms with Crippen molar-refractivity contribution in [3.63, 3.8) is 0 Å². The fraction of sp³-hybridized carbons (Fsp3) is 0.615. The van der Waals surface area contributed by atoms with Crippen molar-refractivity contribution in [1.29, 1.82) is 0 Å². The summed E-state index contributed by atoms with van der Waals surface area (Å²) in [6, 6.07) is 8.30. The Morgan fingerprint density at radius 1 is 1.22 bits per heavy atom. The van der Waals surface area contributed by atoms with Gasteiger partial charge in [0.1, 0.15) is 11.6 Å². The van der Waals surface area contributed by atoms with Crippen molar-refractivity contribution in [2.24, 2.45) is 18.9 Å². The summed E-state index contributed by atoms with van der Waals surface area (Å²) in [7, 11) is 2.16. The number of nitrogens with one attached hydrogen (secondary N) is 1. The third-order valence-corrected chi connectivity index (χ3v) is 8.27. The predicted molar refractivity (Wildman–Crippen MR) is 123 cm³/mol. The van der Waals surface area contributed by atoms with Crippen LogP contribution in [0.2, 0.25) is 0 Å². The van der Waals surface area contributed by atoms with E-state index < -0.39 is 5.60 Å². The molecule has 32 heavy (non-hydrogen) atoms. The van der Waals surface area contributed by atoms with Gasteiger partial charge in [-0.25, -0.2) is 4.98 Å². The minimum Gasteiger partial charge on any atom is -0.480 e. The number of piperidine rings is 1. The Kier molecular flexibility index (Phi) is 4.33. The van der Waals surface area contributed by atoms with E-state index in [1.165, 1.54) is 5.69 Å². The normalized spacial score (nSPS) is 29.4. The first-order valence-electron chi connectivity index (χ1n) is 12.2. The van der Waals surface area contributed by atoms with Crippen molar-refractivity contribution in [2.45, 2.75) is 63.5 Å². The molecule has 2 aromatic rings. The molecule has 0 bridgehead atoms. The summed E-state index contributed by atoms with van der Waals surface area (Å²) in [5, 5.41) is 3.65. The van der Waals surface area contributed by atoms with E-state index in [0.29, 0.717) is 17.7 Å². The Morgan fingerprint density at radius 3 is 2.59 bits per heavy atom. The molecule has 1 aromatic heterocycles. The number of aromatic nitrogens is 2. The highest BCUT2D eigenvalue weighted by atomic mass is 16.5. The van der Waals surface area contributed by atoms with Crippen LogP contribution < -0.4 is 10.1 Å². The van der Waals surface area contributed by atoms with E-state index in [-0.39, 0.29) is 11.5 Å². The fourth-order valence-corrected chi connectivity index (χ4v) is 6.27. The Balaban J connectivity index is 1.37. The van der Waals surface area contributed by atoms with Crippen LogP contribution in [0.25, 0.3) is 11.3 Å². The fourth-order valence-electron chi connectivity index (χ4n) is 6.27. The van der Waals surface area contributed by atoms with E-state index in [2.05, 4.69) is 60.8 Å². The molecule has 4 heterocycles. The number of ether oxygens (including phenoxy) is 1. The standard InChI is InChI=1S/C26H34N4O2/c1-16-13-19(16)24(31)30-11-9-26(10-12-30)22-21(18-7-5-6-8-20(18)32-26)28-23(29(22)4)17-14-25(2,3)27-15-17/h5-8,16-17,19,27H,9-15H2,1-4H3/t16-,17?,19-/m0/s1. The second-order valence-corrected chi connectivity index (χ2v) is 11.1. The molecule has 3 aliphatic heterocycles. The first kappa shape index (κ1) is 20.3. The van der Waals surface area contributed by atoms with E-state index in [9.17, 15) is 4.79 Å². The average molecular weight is 435 g/mol. The number of likely N-dealkylation sites (tertiary alicyclic amines) is 1. The molecule has 1 aromatic carbocycles. The third-order valence-electron chi connectivity index (χ3n) is 8.27. The first-order valence-corrected chi connectivity index (χ1v) is 12.2. The van der Waals surface area contributed by atoms with Crippen LogP contribution in [0.3, 0.4) is 0 Å². The minimum atomic E-state index is -0.419. The summed E-state index contributed by atoms with van der Waals surface area (Å²) < 4.78 is 9.11. The van der Waals surface area contributed by atoms with Crippen LogP contribution in [0.4, 0.5) is 0 Å². The maximum absolute atomic E-state index is 12.9. The van der Waals surface area contributed by atoms with Gasteiger partial charge < -0.3 is 19.5 Å². The number of rotatable bonds is 2. The number of fused-ring (bicyclic) bond motifs is 4. The van der Waals surface area contributed by atoms with Gasteiger partial charge in [-0.3, -0.25) is 4.79 Å². The van der Waals surface area contributed by atoms with Crippen LogP contribution in [0.5, 0.6) is 5.75 Å². The second-order valence-electron chi connectivity index (χ2n) is 11.1. The molecule has 6 nitrogen and oxygen atoms in total. The molecule has 1 aliphatic carbocycles. The monoisotopic (exact) mass is 434 g/mol. The number of carbonyl (C=O) groups excluding carboxylic acids is 1. The lowest BCUT2D eigenvalue weighted by atomic mass is 9.83. The summed E-state index contributed by atoms with van der Waals surface area (Å²) >= 11 is 0. The largest absolute Gasteiger partial charge is 0.480 e. The van der Waals surface area contributed by atoms with Crippen LogP contribution in [0.1, 0.15) is 63.9 Å². The molecule has 1 saturated carbocycles. The number of hydrogen-bond acceptors (Lipinski definition) is 4. The highest BCUT2D eigenvalue weighted by molar-refractivity contribution is 5.82. The predicted octanol–water partition coefficient (Wildman–Crippen LogP) is 3.81. The molecule has 4 aliphatic rings. The lowest BCUT2D eigenvalue weighted by Crippen LogP contribution is -2.50. The van der Waals surface area contributed by atoms with Gasteiger partial charge in [0.2, 0.25) is 5.91 Å². The van der Waals surface area contributed by atoms with Crippen molar-refractivity contribution in [2.75, 3.05) is 19.6 Å². The zero-order valence-electron chi connectivity index (χ0n) is 19.6. The second kappa shape index (κ2) is 6.83. The quantitative estimate of drug-likeness (QED) is 0.781. The number of imidazole rings is 1. The Labute approximate surface area is 190 Å². The molecule has 170 valence electrons. The van der Waals surface area contributed by atoms with Crippen molar-refractivity contribution >= 4 is 5.91 Å². The van der Waals surface area contributed by atoms with Crippen molar-refractivity contribution in [1.82, 2.24) is 19.8 Å². The average Bonchev–Trinajstić information content (AvgIpc) is 3.23. The number of nitrogens with zero attached hydrogens (tertiary/aromatic N) is 3. The highest BCUT2D eigenvalue weighted by Gasteiger charge is 2.50. The number of para-hydroxylation sites is 1. The summed E-state index contributed by atoms with van der Waals surface area (Å²) in [5.41, 5.74) is 3.07. The van der Waals surface area contributed by atoms with Crippen molar-refractivity contribution < 1.29 is 9.53 Å². The van der Waals surface area contributed by atoms with Crippen LogP contribution in [0, 0.1) is 11.8 Å². The van der Waals surface area contributed by atoms with Crippen LogP contribution >= 0.6 is 0 Å². The Bertz CT molecular complexity index is 1080. The van der Waals surface area contributed by atoms with E-state index >= 15 is 0 Å². The molecule has 3 atom stereocenters. The van der Waals surface area contributed by atoms with Crippen molar-refractivity contribution in [3.05, 3.63) is 35.8 Å². The van der Waals surface area contributed by atoms with Gasteiger partial charge in [-0.2, -0.15) is 0 Å². The molecular formula is C26H34N4O2. The van der Waals surface area contributed by atoms with Gasteiger partial charge >= 0.3 is 0 Å². The zero-order valence-corrected chi connectivity index (χ0v) is 19.6. The molecule has 0 radical (unpaired) electrons. The first-order chi connectivity index (χ1) is 15.3. The summed E-state index contributed by atoms with van der Waals surface area (Å²) in [5.74, 6) is 3.60. The van der Waals surface area contributed by atoms with E-state index in [0.717, 1.165) is 68.1 Å². The van der Waals surface area contributed by atoms with Gasteiger partial charge in [0.05, 0.1) is 11.4 Å². The zero-order chi connectivity index (χ0) is 22.3. The molecular weight excluding hydrogens is 400 g/mol. The maximum Gasteiger partial charge on any atom is 0.225 e. The van der Waals surface area contributed by atoms with E-state index in [1.807, 2.05) is 6.07 Å². The molecule has 1 unspecified atom stereocenters. The van der Waals surface area contributed by atoms with E-state index in [1.54, 1.807) is 0 Å². The van der Waals surface area contributed by atoms with Gasteiger partial charge in [0.25, 0.3) is 0 Å². The lowest BCUT2D eigenvalue weighted by Gasteiger charge is -2.44. The Hall–Kier alpha value is -2.34. The van der Waals surface area contributed by atoms with Gasteiger partial charge in [0, 0.05) is 62.5 Å². The summed E-state index contributed by atoms with van der Waals surface area (Å²) in [4.78, 5) is 20.2. The van der Waals surface area contributed by atoms with Crippen LogP contribution in [-0.4, -0.2) is 45.5 Å². The number of benzene rings is 1. The van der Waals surface area contributed by atoms with Crippen LogP contribution in [0.15, 0.2) is 24.3 Å². The smallest absolute Gasteiger partial charge is 0.225 e. The summed E-state index contributed by atoms with van der Waals surface area (Å²) in [6.45, 7) is 9.17. The third kappa shape index (κ3) is 3.02. The molecule has 3 fully saturated rings. The van der Waals surface area contributed by atoms with Gasteiger partial charge in [-0.05, 0) is 44.7 Å². The van der Waals surface area contributed by atoms with Crippen molar-refractivity contribution in [3.8, 4) is 17.0 Å². The number of hydrogen-bond donors (Lipinski definition) is 1. The molecule has 6 heteroatoms. The van der Waals surface area contributed by atoms with Gasteiger partial charge in [-0.1, -0.05) is 19.1 Å². The summed E-state index contributed by atoms with van der Waals surface area (Å²) in [6.07, 6.45) is 3.75. The molecule has 1 amide bonds. The van der Waals surface area contributed by atoms with E-state index in [4.69, 9.17) is 9.72 Å². The lowest BCUT2D eigenvalue weighted by molar-refractivity contribution is -0.136. The maximum atomic E-state index is 12.9. The number of carbonyl (C=O) groups is 1. The van der Waals surface area contributed by atoms with Gasteiger partial charge in [0.15, 0.2) is 5.60 Å².